The molecule has 2 aromatic carbocycles. The average Bonchev–Trinajstić information content (AvgIpc) is 3.13. The summed E-state index contributed by atoms with van der Waals surface area (Å²) in [7, 11) is 0. The van der Waals surface area contributed by atoms with E-state index < -0.39 is 6.10 Å². The fourth-order valence-electron chi connectivity index (χ4n) is 3.21. The summed E-state index contributed by atoms with van der Waals surface area (Å²) in [6.45, 7) is 2.28. The SMILES string of the molecule is C[C@H]1[C@@H](O)[C@H](c2ccccc2)O[C@@H]1c1ccc2c(c1)OCO2. The van der Waals surface area contributed by atoms with Crippen LogP contribution >= 0.6 is 0 Å². The monoisotopic (exact) mass is 298 g/mol. The Morgan fingerprint density at radius 2 is 1.68 bits per heavy atom. The summed E-state index contributed by atoms with van der Waals surface area (Å²) >= 11 is 0. The number of aliphatic hydroxyl groups is 1. The smallest absolute Gasteiger partial charge is 0.231 e. The number of hydrogen-bond donors (Lipinski definition) is 1. The van der Waals surface area contributed by atoms with Crippen LogP contribution in [-0.4, -0.2) is 18.0 Å². The Hall–Kier alpha value is -2.04. The Labute approximate surface area is 129 Å². The molecular weight excluding hydrogens is 280 g/mol. The lowest BCUT2D eigenvalue weighted by Gasteiger charge is -2.16. The maximum Gasteiger partial charge on any atom is 0.231 e. The molecular formula is C18H18O4. The van der Waals surface area contributed by atoms with Gasteiger partial charge in [0, 0.05) is 5.92 Å². The van der Waals surface area contributed by atoms with Crippen LogP contribution < -0.4 is 9.47 Å². The molecule has 1 saturated heterocycles. The average molecular weight is 298 g/mol. The van der Waals surface area contributed by atoms with E-state index in [-0.39, 0.29) is 24.9 Å². The maximum absolute atomic E-state index is 10.6. The van der Waals surface area contributed by atoms with Crippen LogP contribution in [0, 0.1) is 5.92 Å². The van der Waals surface area contributed by atoms with Gasteiger partial charge in [-0.3, -0.25) is 0 Å². The lowest BCUT2D eigenvalue weighted by Crippen LogP contribution is -2.19. The Morgan fingerprint density at radius 3 is 2.50 bits per heavy atom. The quantitative estimate of drug-likeness (QED) is 0.924. The third-order valence-corrected chi connectivity index (χ3v) is 4.47. The highest BCUT2D eigenvalue weighted by molar-refractivity contribution is 5.45. The van der Waals surface area contributed by atoms with Gasteiger partial charge >= 0.3 is 0 Å². The van der Waals surface area contributed by atoms with E-state index in [0.717, 1.165) is 22.6 Å². The Kier molecular flexibility index (Phi) is 3.28. The summed E-state index contributed by atoms with van der Waals surface area (Å²) in [5.41, 5.74) is 2.01. The molecule has 4 nitrogen and oxygen atoms in total. The van der Waals surface area contributed by atoms with E-state index in [1.807, 2.05) is 55.5 Å². The van der Waals surface area contributed by atoms with Crippen molar-refractivity contribution in [3.8, 4) is 11.5 Å². The van der Waals surface area contributed by atoms with Gasteiger partial charge in [-0.15, -0.1) is 0 Å². The maximum atomic E-state index is 10.6. The Morgan fingerprint density at radius 1 is 0.909 bits per heavy atom. The van der Waals surface area contributed by atoms with Gasteiger partial charge < -0.3 is 19.3 Å². The van der Waals surface area contributed by atoms with Crippen LogP contribution in [0.2, 0.25) is 0 Å². The van der Waals surface area contributed by atoms with E-state index in [9.17, 15) is 5.11 Å². The number of fused-ring (bicyclic) bond motifs is 1. The summed E-state index contributed by atoms with van der Waals surface area (Å²) in [5.74, 6) is 1.51. The largest absolute Gasteiger partial charge is 0.454 e. The minimum Gasteiger partial charge on any atom is -0.454 e. The van der Waals surface area contributed by atoms with Crippen LogP contribution in [-0.2, 0) is 4.74 Å². The molecule has 2 aliphatic rings. The van der Waals surface area contributed by atoms with Crippen LogP contribution in [0.3, 0.4) is 0 Å². The Bertz CT molecular complexity index is 670. The second-order valence-corrected chi connectivity index (χ2v) is 5.85. The molecule has 2 aliphatic heterocycles. The third-order valence-electron chi connectivity index (χ3n) is 4.47. The molecule has 0 spiro atoms. The molecule has 1 N–H and O–H groups in total. The van der Waals surface area contributed by atoms with Crippen molar-refractivity contribution in [2.45, 2.75) is 25.2 Å². The topological polar surface area (TPSA) is 47.9 Å². The van der Waals surface area contributed by atoms with Crippen LogP contribution in [0.1, 0.15) is 30.3 Å². The molecule has 1 fully saturated rings. The van der Waals surface area contributed by atoms with Gasteiger partial charge in [0.25, 0.3) is 0 Å². The minimum absolute atomic E-state index is 0.00516. The van der Waals surface area contributed by atoms with E-state index in [4.69, 9.17) is 14.2 Å². The highest BCUT2D eigenvalue weighted by Gasteiger charge is 2.42. The number of rotatable bonds is 2. The first-order valence-corrected chi connectivity index (χ1v) is 7.52. The first-order chi connectivity index (χ1) is 10.7. The van der Waals surface area contributed by atoms with Gasteiger partial charge in [0.1, 0.15) is 6.10 Å². The molecule has 22 heavy (non-hydrogen) atoms. The first kappa shape index (κ1) is 13.6. The summed E-state index contributed by atoms with van der Waals surface area (Å²) in [5, 5.41) is 10.6. The van der Waals surface area contributed by atoms with Crippen LogP contribution in [0.4, 0.5) is 0 Å². The zero-order chi connectivity index (χ0) is 15.1. The summed E-state index contributed by atoms with van der Waals surface area (Å²) in [6, 6.07) is 15.7. The molecule has 0 unspecified atom stereocenters. The number of benzene rings is 2. The molecule has 0 aliphatic carbocycles. The molecule has 4 rings (SSSR count). The normalized spacial score (nSPS) is 29.7. The van der Waals surface area contributed by atoms with E-state index in [1.54, 1.807) is 0 Å². The fourth-order valence-corrected chi connectivity index (χ4v) is 3.21. The van der Waals surface area contributed by atoms with E-state index in [1.165, 1.54) is 0 Å². The van der Waals surface area contributed by atoms with Crippen LogP contribution in [0.5, 0.6) is 11.5 Å². The van der Waals surface area contributed by atoms with Gasteiger partial charge in [-0.1, -0.05) is 43.3 Å². The van der Waals surface area contributed by atoms with Crippen molar-refractivity contribution in [3.05, 3.63) is 59.7 Å². The third kappa shape index (κ3) is 2.16. The second kappa shape index (κ2) is 5.30. The molecule has 4 heteroatoms. The van der Waals surface area contributed by atoms with Gasteiger partial charge in [0.05, 0.1) is 12.2 Å². The number of hydrogen-bond acceptors (Lipinski definition) is 4. The van der Waals surface area contributed by atoms with E-state index in [0.29, 0.717) is 0 Å². The standard InChI is InChI=1S/C18H18O4/c1-11-16(19)18(12-5-3-2-4-6-12)22-17(11)13-7-8-14-15(9-13)21-10-20-14/h2-9,11,16-19H,10H2,1H3/t11-,16+,17-,18-/m0/s1. The van der Waals surface area contributed by atoms with Crippen molar-refractivity contribution in [1.29, 1.82) is 0 Å². The van der Waals surface area contributed by atoms with Crippen LogP contribution in [0.25, 0.3) is 0 Å². The highest BCUT2D eigenvalue weighted by Crippen LogP contribution is 2.46. The summed E-state index contributed by atoms with van der Waals surface area (Å²) in [4.78, 5) is 0. The first-order valence-electron chi connectivity index (χ1n) is 7.52. The zero-order valence-electron chi connectivity index (χ0n) is 12.3. The number of ether oxygens (including phenoxy) is 3. The van der Waals surface area contributed by atoms with Gasteiger partial charge in [-0.2, -0.15) is 0 Å². The molecule has 0 saturated carbocycles. The minimum atomic E-state index is -0.530. The summed E-state index contributed by atoms with van der Waals surface area (Å²) < 4.78 is 16.9. The molecule has 0 bridgehead atoms. The second-order valence-electron chi connectivity index (χ2n) is 5.85. The fraction of sp³-hybridized carbons (Fsp3) is 0.333. The summed E-state index contributed by atoms with van der Waals surface area (Å²) in [6.07, 6.45) is -0.987. The molecule has 0 aromatic heterocycles. The van der Waals surface area contributed by atoms with E-state index in [2.05, 4.69) is 0 Å². The lowest BCUT2D eigenvalue weighted by molar-refractivity contribution is 0.00809. The van der Waals surface area contributed by atoms with Crippen LogP contribution in [0.15, 0.2) is 48.5 Å². The molecule has 2 aromatic rings. The highest BCUT2D eigenvalue weighted by atomic mass is 16.7. The van der Waals surface area contributed by atoms with Crippen molar-refractivity contribution in [1.82, 2.24) is 0 Å². The van der Waals surface area contributed by atoms with Crippen molar-refractivity contribution < 1.29 is 19.3 Å². The molecule has 0 amide bonds. The van der Waals surface area contributed by atoms with Gasteiger partial charge in [0.2, 0.25) is 6.79 Å². The predicted molar refractivity (Wildman–Crippen MR) is 80.7 cm³/mol. The van der Waals surface area contributed by atoms with Crippen molar-refractivity contribution in [2.75, 3.05) is 6.79 Å². The Balaban J connectivity index is 1.63. The van der Waals surface area contributed by atoms with Gasteiger partial charge in [-0.25, -0.2) is 0 Å². The molecule has 2 heterocycles. The van der Waals surface area contributed by atoms with Crippen molar-refractivity contribution >= 4 is 0 Å². The molecule has 114 valence electrons. The van der Waals surface area contributed by atoms with Crippen molar-refractivity contribution in [2.24, 2.45) is 5.92 Å². The predicted octanol–water partition coefficient (Wildman–Crippen LogP) is 3.22. The van der Waals surface area contributed by atoms with E-state index >= 15 is 0 Å². The number of aliphatic hydroxyl groups excluding tert-OH is 1. The molecule has 4 atom stereocenters. The zero-order valence-corrected chi connectivity index (χ0v) is 12.3. The van der Waals surface area contributed by atoms with Gasteiger partial charge in [0.15, 0.2) is 11.5 Å². The van der Waals surface area contributed by atoms with Gasteiger partial charge in [-0.05, 0) is 23.3 Å². The lowest BCUT2D eigenvalue weighted by atomic mass is 9.91. The molecule has 0 radical (unpaired) electrons. The van der Waals surface area contributed by atoms with Crippen molar-refractivity contribution in [3.63, 3.8) is 0 Å².